The number of anilines is 1. The van der Waals surface area contributed by atoms with Crippen LogP contribution in [0.25, 0.3) is 5.76 Å². The Kier molecular flexibility index (Phi) is 5.44. The number of ether oxygens (including phenoxy) is 2. The second-order valence-corrected chi connectivity index (χ2v) is 7.20. The summed E-state index contributed by atoms with van der Waals surface area (Å²) >= 11 is 6.05. The Balaban J connectivity index is 1.94. The minimum absolute atomic E-state index is 0.107. The fourth-order valence-electron chi connectivity index (χ4n) is 3.54. The highest BCUT2D eigenvalue weighted by Crippen LogP contribution is 2.44. The highest BCUT2D eigenvalue weighted by molar-refractivity contribution is 6.51. The highest BCUT2D eigenvalue weighted by atomic mass is 35.5. The van der Waals surface area contributed by atoms with Crippen LogP contribution in [0.4, 0.5) is 5.69 Å². The van der Waals surface area contributed by atoms with Crippen molar-refractivity contribution in [2.45, 2.75) is 6.04 Å². The highest BCUT2D eigenvalue weighted by Gasteiger charge is 2.48. The molecule has 1 aliphatic heterocycles. The molecule has 0 saturated carbocycles. The summed E-state index contributed by atoms with van der Waals surface area (Å²) in [5.41, 5.74) is 0.555. The van der Waals surface area contributed by atoms with Crippen molar-refractivity contribution in [3.8, 4) is 11.5 Å². The van der Waals surface area contributed by atoms with Gasteiger partial charge in [0.25, 0.3) is 11.7 Å². The second kappa shape index (κ2) is 8.20. The van der Waals surface area contributed by atoms with Crippen LogP contribution in [0.3, 0.4) is 0 Å². The molecular weight excluding hydrogens is 422 g/mol. The van der Waals surface area contributed by atoms with Crippen molar-refractivity contribution >= 4 is 34.7 Å². The van der Waals surface area contributed by atoms with Crippen LogP contribution in [0, 0.1) is 0 Å². The van der Waals surface area contributed by atoms with Crippen molar-refractivity contribution in [1.29, 1.82) is 0 Å². The van der Waals surface area contributed by atoms with E-state index in [2.05, 4.69) is 0 Å². The van der Waals surface area contributed by atoms with Gasteiger partial charge in [0.1, 0.15) is 29.1 Å². The zero-order valence-corrected chi connectivity index (χ0v) is 17.4. The predicted molar refractivity (Wildman–Crippen MR) is 114 cm³/mol. The number of carbonyl (C=O) groups is 2. The van der Waals surface area contributed by atoms with Gasteiger partial charge in [-0.3, -0.25) is 14.5 Å². The summed E-state index contributed by atoms with van der Waals surface area (Å²) in [6.45, 7) is 0. The summed E-state index contributed by atoms with van der Waals surface area (Å²) in [4.78, 5) is 27.4. The van der Waals surface area contributed by atoms with Crippen LogP contribution in [0.5, 0.6) is 11.5 Å². The van der Waals surface area contributed by atoms with E-state index in [-0.39, 0.29) is 11.3 Å². The molecule has 1 amide bonds. The molecule has 2 aromatic carbocycles. The van der Waals surface area contributed by atoms with Gasteiger partial charge in [0, 0.05) is 28.8 Å². The van der Waals surface area contributed by atoms with E-state index < -0.39 is 17.7 Å². The number of rotatable bonds is 5. The molecule has 3 aromatic rings. The first-order valence-electron chi connectivity index (χ1n) is 9.28. The normalized spacial score (nSPS) is 17.8. The molecule has 1 atom stereocenters. The topological polar surface area (TPSA) is 89.2 Å². The third kappa shape index (κ3) is 3.64. The molecule has 2 heterocycles. The number of Topliss-reactive ketones (excluding diaryl/α,β-unsaturated/α-hetero) is 1. The predicted octanol–water partition coefficient (Wildman–Crippen LogP) is 4.58. The fraction of sp³-hybridized carbons (Fsp3) is 0.130. The second-order valence-electron chi connectivity index (χ2n) is 6.77. The number of ketones is 1. The SMILES string of the molecule is COc1cc(OC)cc(N2C(=O)C(=O)/C(=C(\O)c3cccc(Cl)c3)C2c2ccco2)c1. The van der Waals surface area contributed by atoms with Crippen molar-refractivity contribution < 1.29 is 28.6 Å². The fourth-order valence-corrected chi connectivity index (χ4v) is 3.73. The molecule has 1 aromatic heterocycles. The van der Waals surface area contributed by atoms with Gasteiger partial charge in [-0.1, -0.05) is 23.7 Å². The van der Waals surface area contributed by atoms with E-state index in [4.69, 9.17) is 25.5 Å². The van der Waals surface area contributed by atoms with Crippen molar-refractivity contribution in [2.75, 3.05) is 19.1 Å². The molecule has 8 heteroatoms. The smallest absolute Gasteiger partial charge is 0.300 e. The summed E-state index contributed by atoms with van der Waals surface area (Å²) < 4.78 is 16.1. The lowest BCUT2D eigenvalue weighted by Crippen LogP contribution is -2.29. The van der Waals surface area contributed by atoms with E-state index in [0.717, 1.165) is 0 Å². The largest absolute Gasteiger partial charge is 0.507 e. The van der Waals surface area contributed by atoms with Crippen LogP contribution >= 0.6 is 11.6 Å². The summed E-state index contributed by atoms with van der Waals surface area (Å²) in [5.74, 6) is -0.835. The van der Waals surface area contributed by atoms with Gasteiger partial charge in [0.15, 0.2) is 0 Å². The van der Waals surface area contributed by atoms with E-state index in [0.29, 0.717) is 33.5 Å². The third-order valence-electron chi connectivity index (χ3n) is 4.97. The van der Waals surface area contributed by atoms with Crippen molar-refractivity contribution in [2.24, 2.45) is 0 Å². The maximum atomic E-state index is 13.1. The maximum absolute atomic E-state index is 13.1. The number of methoxy groups -OCH3 is 2. The number of benzene rings is 2. The Morgan fingerprint density at radius 1 is 1.03 bits per heavy atom. The van der Waals surface area contributed by atoms with Gasteiger partial charge in [-0.2, -0.15) is 0 Å². The van der Waals surface area contributed by atoms with Crippen molar-refractivity contribution in [3.63, 3.8) is 0 Å². The van der Waals surface area contributed by atoms with Gasteiger partial charge in [-0.05, 0) is 24.3 Å². The first-order chi connectivity index (χ1) is 14.9. The average molecular weight is 440 g/mol. The summed E-state index contributed by atoms with van der Waals surface area (Å²) in [6, 6.07) is 13.5. The van der Waals surface area contributed by atoms with Gasteiger partial charge in [0.2, 0.25) is 0 Å². The molecule has 1 N–H and O–H groups in total. The van der Waals surface area contributed by atoms with Crippen molar-refractivity contribution in [3.05, 3.63) is 82.8 Å². The van der Waals surface area contributed by atoms with Crippen molar-refractivity contribution in [1.82, 2.24) is 0 Å². The number of halogens is 1. The van der Waals surface area contributed by atoms with Gasteiger partial charge >= 0.3 is 0 Å². The van der Waals surface area contributed by atoms with Crippen LogP contribution in [0.1, 0.15) is 17.4 Å². The van der Waals surface area contributed by atoms with Gasteiger partial charge < -0.3 is 19.0 Å². The minimum Gasteiger partial charge on any atom is -0.507 e. The van der Waals surface area contributed by atoms with Crippen LogP contribution in [-0.4, -0.2) is 31.0 Å². The van der Waals surface area contributed by atoms with Crippen LogP contribution in [-0.2, 0) is 9.59 Å². The maximum Gasteiger partial charge on any atom is 0.300 e. The lowest BCUT2D eigenvalue weighted by Gasteiger charge is -2.24. The molecule has 1 fully saturated rings. The number of aliphatic hydroxyl groups is 1. The molecule has 0 bridgehead atoms. The van der Waals surface area contributed by atoms with Gasteiger partial charge in [-0.25, -0.2) is 0 Å². The molecule has 1 aliphatic rings. The molecule has 7 nitrogen and oxygen atoms in total. The average Bonchev–Trinajstić information content (AvgIpc) is 3.40. The molecule has 0 aliphatic carbocycles. The Bertz CT molecular complexity index is 1160. The van der Waals surface area contributed by atoms with E-state index in [1.165, 1.54) is 31.4 Å². The monoisotopic (exact) mass is 439 g/mol. The van der Waals surface area contributed by atoms with Gasteiger partial charge in [-0.15, -0.1) is 0 Å². The molecule has 31 heavy (non-hydrogen) atoms. The van der Waals surface area contributed by atoms with E-state index in [9.17, 15) is 14.7 Å². The van der Waals surface area contributed by atoms with Crippen LogP contribution < -0.4 is 14.4 Å². The zero-order valence-electron chi connectivity index (χ0n) is 16.7. The van der Waals surface area contributed by atoms with Crippen LogP contribution in [0.15, 0.2) is 70.9 Å². The number of hydrogen-bond acceptors (Lipinski definition) is 6. The van der Waals surface area contributed by atoms with E-state index in [1.807, 2.05) is 0 Å². The molecule has 158 valence electrons. The number of aliphatic hydroxyl groups excluding tert-OH is 1. The van der Waals surface area contributed by atoms with E-state index in [1.54, 1.807) is 48.5 Å². The quantitative estimate of drug-likeness (QED) is 0.355. The lowest BCUT2D eigenvalue weighted by molar-refractivity contribution is -0.132. The molecule has 1 saturated heterocycles. The summed E-state index contributed by atoms with van der Waals surface area (Å²) in [5, 5.41) is 11.4. The summed E-state index contributed by atoms with van der Waals surface area (Å²) in [7, 11) is 2.96. The minimum atomic E-state index is -0.995. The summed E-state index contributed by atoms with van der Waals surface area (Å²) in [6.07, 6.45) is 1.43. The Morgan fingerprint density at radius 3 is 2.32 bits per heavy atom. The molecule has 1 unspecified atom stereocenters. The Labute approximate surface area is 183 Å². The van der Waals surface area contributed by atoms with E-state index >= 15 is 0 Å². The zero-order chi connectivity index (χ0) is 22.1. The van der Waals surface area contributed by atoms with Gasteiger partial charge in [0.05, 0.1) is 31.7 Å². The first kappa shape index (κ1) is 20.6. The number of hydrogen-bond donors (Lipinski definition) is 1. The standard InChI is InChI=1S/C23H18ClNO6/c1-29-16-10-15(11-17(12-16)30-2)25-20(18-7-4-8-31-18)19(22(27)23(25)28)21(26)13-5-3-6-14(24)9-13/h3-12,20,26H,1-2H3/b21-19-. The first-order valence-corrected chi connectivity index (χ1v) is 9.65. The molecule has 0 radical (unpaired) electrons. The number of nitrogens with zero attached hydrogens (tertiary/aromatic N) is 1. The molecule has 0 spiro atoms. The third-order valence-corrected chi connectivity index (χ3v) is 5.20. The Hall–Kier alpha value is -3.71. The molecular formula is C23H18ClNO6. The van der Waals surface area contributed by atoms with Crippen LogP contribution in [0.2, 0.25) is 5.02 Å². The molecule has 4 rings (SSSR count). The number of furan rings is 1. The number of amides is 1. The lowest BCUT2D eigenvalue weighted by atomic mass is 9.99. The Morgan fingerprint density at radius 2 is 1.74 bits per heavy atom. The number of carbonyl (C=O) groups excluding carboxylic acids is 2.